The lowest BCUT2D eigenvalue weighted by Gasteiger charge is -2.13. The number of nitrogens with two attached hydrogens (primary N) is 1. The lowest BCUT2D eigenvalue weighted by molar-refractivity contribution is -0.122. The molecule has 3 heteroatoms. The van der Waals surface area contributed by atoms with E-state index in [0.29, 0.717) is 5.69 Å². The molecule has 0 bridgehead atoms. The van der Waals surface area contributed by atoms with Crippen LogP contribution in [0.25, 0.3) is 0 Å². The first kappa shape index (κ1) is 15.5. The van der Waals surface area contributed by atoms with Gasteiger partial charge in [0.25, 0.3) is 0 Å². The van der Waals surface area contributed by atoms with Crippen molar-refractivity contribution in [3.63, 3.8) is 0 Å². The summed E-state index contributed by atoms with van der Waals surface area (Å²) in [4.78, 5) is 12.0. The fraction of sp³-hybridized carbons (Fsp3) is 0.562. The summed E-state index contributed by atoms with van der Waals surface area (Å²) in [6, 6.07) is 7.53. The fourth-order valence-electron chi connectivity index (χ4n) is 2.02. The Bertz CT molecular complexity index is 401. The van der Waals surface area contributed by atoms with Gasteiger partial charge < -0.3 is 11.1 Å². The highest BCUT2D eigenvalue weighted by molar-refractivity contribution is 5.83. The van der Waals surface area contributed by atoms with Crippen LogP contribution < -0.4 is 11.1 Å². The Balaban J connectivity index is 2.33. The zero-order chi connectivity index (χ0) is 14.3. The van der Waals surface area contributed by atoms with Gasteiger partial charge in [-0.25, -0.2) is 0 Å². The monoisotopic (exact) mass is 262 g/mol. The normalized spacial score (nSPS) is 12.4. The van der Waals surface area contributed by atoms with Gasteiger partial charge in [-0.05, 0) is 37.0 Å². The Kier molecular flexibility index (Phi) is 6.40. The lowest BCUT2D eigenvalue weighted by Crippen LogP contribution is -2.28. The molecule has 0 spiro atoms. The number of carbonyl (C=O) groups is 1. The van der Waals surface area contributed by atoms with Gasteiger partial charge >= 0.3 is 0 Å². The molecule has 0 heterocycles. The number of hydrogen-bond acceptors (Lipinski definition) is 2. The zero-order valence-electron chi connectivity index (χ0n) is 12.3. The van der Waals surface area contributed by atoms with Gasteiger partial charge in [-0.1, -0.05) is 38.8 Å². The second-order valence-electron chi connectivity index (χ2n) is 5.57. The molecule has 19 heavy (non-hydrogen) atoms. The first-order valence-electron chi connectivity index (χ1n) is 7.14. The minimum Gasteiger partial charge on any atom is -0.399 e. The van der Waals surface area contributed by atoms with Crippen molar-refractivity contribution in [3.05, 3.63) is 29.8 Å². The average Bonchev–Trinajstić information content (AvgIpc) is 2.36. The van der Waals surface area contributed by atoms with Crippen LogP contribution in [0.5, 0.6) is 0 Å². The van der Waals surface area contributed by atoms with Crippen LogP contribution in [-0.2, 0) is 4.79 Å². The van der Waals surface area contributed by atoms with Gasteiger partial charge in [0.05, 0.1) is 5.92 Å². The summed E-state index contributed by atoms with van der Waals surface area (Å²) in [5.41, 5.74) is 7.41. The molecule has 0 aliphatic carbocycles. The van der Waals surface area contributed by atoms with Gasteiger partial charge in [-0.15, -0.1) is 0 Å². The number of nitrogen functional groups attached to an aromatic ring is 1. The third-order valence-corrected chi connectivity index (χ3v) is 3.31. The molecular weight excluding hydrogens is 236 g/mol. The highest BCUT2D eigenvalue weighted by atomic mass is 16.1. The van der Waals surface area contributed by atoms with E-state index in [2.05, 4.69) is 19.2 Å². The molecular formula is C16H26N2O. The second kappa shape index (κ2) is 7.82. The zero-order valence-corrected chi connectivity index (χ0v) is 12.3. The molecule has 1 amide bonds. The second-order valence-corrected chi connectivity index (χ2v) is 5.57. The number of nitrogens with one attached hydrogen (secondary N) is 1. The molecule has 1 unspecified atom stereocenters. The average molecular weight is 262 g/mol. The van der Waals surface area contributed by atoms with Gasteiger partial charge in [0.2, 0.25) is 5.91 Å². The van der Waals surface area contributed by atoms with Crippen molar-refractivity contribution in [2.24, 2.45) is 5.92 Å². The Labute approximate surface area is 116 Å². The highest BCUT2D eigenvalue weighted by Gasteiger charge is 2.14. The quantitative estimate of drug-likeness (QED) is 0.585. The number of hydrogen-bond donors (Lipinski definition) is 2. The lowest BCUT2D eigenvalue weighted by atomic mass is 10.00. The van der Waals surface area contributed by atoms with Crippen LogP contribution in [0.15, 0.2) is 24.3 Å². The van der Waals surface area contributed by atoms with Crippen molar-refractivity contribution in [1.82, 2.24) is 5.32 Å². The number of unbranched alkanes of at least 4 members (excludes halogenated alkanes) is 1. The van der Waals surface area contributed by atoms with E-state index in [0.717, 1.165) is 24.4 Å². The summed E-state index contributed by atoms with van der Waals surface area (Å²) in [5.74, 6) is 0.672. The molecule has 0 aliphatic heterocycles. The van der Waals surface area contributed by atoms with Gasteiger partial charge in [0.1, 0.15) is 0 Å². The highest BCUT2D eigenvalue weighted by Crippen LogP contribution is 2.17. The van der Waals surface area contributed by atoms with Crippen LogP contribution in [0.1, 0.15) is 51.5 Å². The third-order valence-electron chi connectivity index (χ3n) is 3.31. The number of carbonyl (C=O) groups excluding carboxylic acids is 1. The number of rotatable bonds is 7. The topological polar surface area (TPSA) is 55.1 Å². The van der Waals surface area contributed by atoms with Crippen LogP contribution >= 0.6 is 0 Å². The summed E-state index contributed by atoms with van der Waals surface area (Å²) < 4.78 is 0. The first-order valence-corrected chi connectivity index (χ1v) is 7.14. The van der Waals surface area contributed by atoms with Gasteiger partial charge in [0.15, 0.2) is 0 Å². The van der Waals surface area contributed by atoms with Crippen molar-refractivity contribution in [3.8, 4) is 0 Å². The minimum absolute atomic E-state index is 0.0788. The van der Waals surface area contributed by atoms with E-state index in [1.54, 1.807) is 0 Å². The molecule has 0 fully saturated rings. The van der Waals surface area contributed by atoms with Crippen LogP contribution in [0, 0.1) is 5.92 Å². The molecule has 1 aromatic carbocycles. The van der Waals surface area contributed by atoms with E-state index in [1.165, 1.54) is 12.8 Å². The maximum absolute atomic E-state index is 12.0. The predicted molar refractivity (Wildman–Crippen MR) is 81.0 cm³/mol. The van der Waals surface area contributed by atoms with E-state index in [1.807, 2.05) is 31.2 Å². The Morgan fingerprint density at radius 3 is 2.63 bits per heavy atom. The summed E-state index contributed by atoms with van der Waals surface area (Å²) in [7, 11) is 0. The van der Waals surface area contributed by atoms with Crippen molar-refractivity contribution in [1.29, 1.82) is 0 Å². The number of benzene rings is 1. The SMILES string of the molecule is CC(C)CCCCNC(=O)C(C)c1cccc(N)c1. The van der Waals surface area contributed by atoms with E-state index in [9.17, 15) is 4.79 Å². The minimum atomic E-state index is -0.145. The van der Waals surface area contributed by atoms with Crippen molar-refractivity contribution < 1.29 is 4.79 Å². The summed E-state index contributed by atoms with van der Waals surface area (Å²) in [6.45, 7) is 7.12. The first-order chi connectivity index (χ1) is 9.00. The smallest absolute Gasteiger partial charge is 0.227 e. The maximum Gasteiger partial charge on any atom is 0.227 e. The van der Waals surface area contributed by atoms with Crippen LogP contribution in [0.3, 0.4) is 0 Å². The number of anilines is 1. The molecule has 0 saturated carbocycles. The van der Waals surface area contributed by atoms with E-state index in [-0.39, 0.29) is 11.8 Å². The third kappa shape index (κ3) is 5.77. The van der Waals surface area contributed by atoms with Gasteiger partial charge in [-0.2, -0.15) is 0 Å². The Morgan fingerprint density at radius 2 is 2.00 bits per heavy atom. The van der Waals surface area contributed by atoms with Crippen molar-refractivity contribution in [2.45, 2.75) is 46.0 Å². The largest absolute Gasteiger partial charge is 0.399 e. The number of amides is 1. The van der Waals surface area contributed by atoms with E-state index >= 15 is 0 Å². The fourth-order valence-corrected chi connectivity index (χ4v) is 2.02. The summed E-state index contributed by atoms with van der Waals surface area (Å²) in [6.07, 6.45) is 3.44. The molecule has 3 N–H and O–H groups in total. The van der Waals surface area contributed by atoms with E-state index < -0.39 is 0 Å². The standard InChI is InChI=1S/C16H26N2O/c1-12(2)7-4-5-10-18-16(19)13(3)14-8-6-9-15(17)11-14/h6,8-9,11-13H,4-5,7,10,17H2,1-3H3,(H,18,19). The summed E-state index contributed by atoms with van der Waals surface area (Å²) >= 11 is 0. The van der Waals surface area contributed by atoms with Crippen LogP contribution in [0.2, 0.25) is 0 Å². The Hall–Kier alpha value is -1.51. The van der Waals surface area contributed by atoms with E-state index in [4.69, 9.17) is 5.73 Å². The molecule has 0 aromatic heterocycles. The van der Waals surface area contributed by atoms with Crippen molar-refractivity contribution in [2.75, 3.05) is 12.3 Å². The van der Waals surface area contributed by atoms with Crippen LogP contribution in [-0.4, -0.2) is 12.5 Å². The van der Waals surface area contributed by atoms with Gasteiger partial charge in [-0.3, -0.25) is 4.79 Å². The molecule has 0 aliphatic rings. The predicted octanol–water partition coefficient (Wildman–Crippen LogP) is 3.31. The molecule has 1 rings (SSSR count). The molecule has 0 saturated heterocycles. The molecule has 3 nitrogen and oxygen atoms in total. The molecule has 1 atom stereocenters. The van der Waals surface area contributed by atoms with Crippen LogP contribution in [0.4, 0.5) is 5.69 Å². The van der Waals surface area contributed by atoms with Crippen molar-refractivity contribution >= 4 is 11.6 Å². The molecule has 0 radical (unpaired) electrons. The Morgan fingerprint density at radius 1 is 1.26 bits per heavy atom. The molecule has 106 valence electrons. The maximum atomic E-state index is 12.0. The van der Waals surface area contributed by atoms with Gasteiger partial charge in [0, 0.05) is 12.2 Å². The summed E-state index contributed by atoms with van der Waals surface area (Å²) in [5, 5.41) is 2.99. The molecule has 1 aromatic rings.